The van der Waals surface area contributed by atoms with Gasteiger partial charge in [0.05, 0.1) is 6.61 Å². The van der Waals surface area contributed by atoms with Crippen molar-refractivity contribution in [3.8, 4) is 0 Å². The molecule has 2 nitrogen and oxygen atoms in total. The molecule has 0 aliphatic rings. The first-order valence-corrected chi connectivity index (χ1v) is 6.72. The SMILES string of the molecule is CCOC(=O)/C=C/CSc1ccccc1Br. The number of thioether (sulfide) groups is 1. The van der Waals surface area contributed by atoms with Gasteiger partial charge < -0.3 is 4.74 Å². The molecule has 0 atom stereocenters. The highest BCUT2D eigenvalue weighted by Crippen LogP contribution is 2.26. The van der Waals surface area contributed by atoms with E-state index < -0.39 is 0 Å². The van der Waals surface area contributed by atoms with Gasteiger partial charge in [0.25, 0.3) is 0 Å². The maximum Gasteiger partial charge on any atom is 0.330 e. The van der Waals surface area contributed by atoms with Gasteiger partial charge in [-0.05, 0) is 35.0 Å². The topological polar surface area (TPSA) is 26.3 Å². The Balaban J connectivity index is 2.36. The second-order valence-corrected chi connectivity index (χ2v) is 4.81. The van der Waals surface area contributed by atoms with Crippen LogP contribution in [0.25, 0.3) is 0 Å². The minimum atomic E-state index is -0.282. The van der Waals surface area contributed by atoms with E-state index in [9.17, 15) is 4.79 Å². The Morgan fingerprint density at radius 3 is 2.94 bits per heavy atom. The number of hydrogen-bond donors (Lipinski definition) is 0. The van der Waals surface area contributed by atoms with E-state index >= 15 is 0 Å². The third kappa shape index (κ3) is 4.86. The predicted molar refractivity (Wildman–Crippen MR) is 70.6 cm³/mol. The number of esters is 1. The van der Waals surface area contributed by atoms with Crippen molar-refractivity contribution in [2.75, 3.05) is 12.4 Å². The zero-order valence-electron chi connectivity index (χ0n) is 8.98. The van der Waals surface area contributed by atoms with E-state index in [1.165, 1.54) is 6.08 Å². The van der Waals surface area contributed by atoms with Crippen LogP contribution in [0.3, 0.4) is 0 Å². The number of carbonyl (C=O) groups excluding carboxylic acids is 1. The summed E-state index contributed by atoms with van der Waals surface area (Å²) >= 11 is 5.13. The Kier molecular flexibility index (Phi) is 6.26. The van der Waals surface area contributed by atoms with Crippen LogP contribution in [0.2, 0.25) is 0 Å². The van der Waals surface area contributed by atoms with Gasteiger partial charge in [-0.15, -0.1) is 11.8 Å². The maximum absolute atomic E-state index is 11.0. The van der Waals surface area contributed by atoms with Gasteiger partial charge in [0, 0.05) is 21.2 Å². The molecule has 0 spiro atoms. The van der Waals surface area contributed by atoms with Gasteiger partial charge in [-0.2, -0.15) is 0 Å². The summed E-state index contributed by atoms with van der Waals surface area (Å²) in [5.74, 6) is 0.469. The molecule has 0 aliphatic heterocycles. The fourth-order valence-electron chi connectivity index (χ4n) is 1.03. The van der Waals surface area contributed by atoms with Crippen molar-refractivity contribution >= 4 is 33.7 Å². The maximum atomic E-state index is 11.0. The van der Waals surface area contributed by atoms with Crippen LogP contribution in [-0.2, 0) is 9.53 Å². The molecule has 0 unspecified atom stereocenters. The van der Waals surface area contributed by atoms with Crippen LogP contribution in [0, 0.1) is 0 Å². The van der Waals surface area contributed by atoms with Crippen molar-refractivity contribution in [3.05, 3.63) is 40.9 Å². The summed E-state index contributed by atoms with van der Waals surface area (Å²) in [5, 5.41) is 0. The van der Waals surface area contributed by atoms with Crippen molar-refractivity contribution in [1.82, 2.24) is 0 Å². The fraction of sp³-hybridized carbons (Fsp3) is 0.250. The van der Waals surface area contributed by atoms with Gasteiger partial charge in [0.1, 0.15) is 0 Å². The van der Waals surface area contributed by atoms with E-state index in [0.717, 1.165) is 15.1 Å². The molecular weight excluding hydrogens is 288 g/mol. The van der Waals surface area contributed by atoms with E-state index in [1.807, 2.05) is 30.3 Å². The zero-order chi connectivity index (χ0) is 11.8. The Labute approximate surface area is 108 Å². The number of hydrogen-bond acceptors (Lipinski definition) is 3. The molecule has 4 heteroatoms. The van der Waals surface area contributed by atoms with Crippen molar-refractivity contribution in [3.63, 3.8) is 0 Å². The molecule has 0 bridgehead atoms. The summed E-state index contributed by atoms with van der Waals surface area (Å²) in [5.41, 5.74) is 0. The largest absolute Gasteiger partial charge is 0.463 e. The third-order valence-electron chi connectivity index (χ3n) is 1.71. The van der Waals surface area contributed by atoms with Gasteiger partial charge in [-0.3, -0.25) is 0 Å². The van der Waals surface area contributed by atoms with E-state index in [2.05, 4.69) is 15.9 Å². The van der Waals surface area contributed by atoms with Crippen molar-refractivity contribution in [2.45, 2.75) is 11.8 Å². The molecule has 0 saturated carbocycles. The number of rotatable bonds is 5. The summed E-state index contributed by atoms with van der Waals surface area (Å²) in [7, 11) is 0. The van der Waals surface area contributed by atoms with Gasteiger partial charge in [0.2, 0.25) is 0 Å². The first-order chi connectivity index (χ1) is 7.74. The first kappa shape index (κ1) is 13.3. The van der Waals surface area contributed by atoms with Crippen LogP contribution in [0.15, 0.2) is 45.8 Å². The number of ether oxygens (including phenoxy) is 1. The van der Waals surface area contributed by atoms with Crippen LogP contribution < -0.4 is 0 Å². The summed E-state index contributed by atoms with van der Waals surface area (Å²) < 4.78 is 5.85. The van der Waals surface area contributed by atoms with Gasteiger partial charge in [-0.25, -0.2) is 4.79 Å². The molecule has 0 aliphatic carbocycles. The lowest BCUT2D eigenvalue weighted by molar-refractivity contribution is -0.137. The molecule has 0 N–H and O–H groups in total. The molecule has 86 valence electrons. The van der Waals surface area contributed by atoms with Crippen LogP contribution in [-0.4, -0.2) is 18.3 Å². The normalized spacial score (nSPS) is 10.6. The lowest BCUT2D eigenvalue weighted by Crippen LogP contribution is -1.98. The number of benzene rings is 1. The molecular formula is C12H13BrO2S. The van der Waals surface area contributed by atoms with Crippen molar-refractivity contribution in [1.29, 1.82) is 0 Å². The van der Waals surface area contributed by atoms with E-state index in [0.29, 0.717) is 6.61 Å². The molecule has 0 fully saturated rings. The van der Waals surface area contributed by atoms with Crippen LogP contribution >= 0.6 is 27.7 Å². The molecule has 0 radical (unpaired) electrons. The minimum absolute atomic E-state index is 0.282. The highest BCUT2D eigenvalue weighted by Gasteiger charge is 1.97. The Morgan fingerprint density at radius 1 is 1.50 bits per heavy atom. The predicted octanol–water partition coefficient (Wildman–Crippen LogP) is 3.66. The fourth-order valence-corrected chi connectivity index (χ4v) is 2.42. The highest BCUT2D eigenvalue weighted by atomic mass is 79.9. The summed E-state index contributed by atoms with van der Waals surface area (Å²) in [4.78, 5) is 12.2. The van der Waals surface area contributed by atoms with Crippen LogP contribution in [0.1, 0.15) is 6.92 Å². The molecule has 0 heterocycles. The number of halogens is 1. The Morgan fingerprint density at radius 2 is 2.25 bits per heavy atom. The Bertz CT molecular complexity index is 377. The van der Waals surface area contributed by atoms with Gasteiger partial charge in [0.15, 0.2) is 0 Å². The van der Waals surface area contributed by atoms with Crippen molar-refractivity contribution in [2.24, 2.45) is 0 Å². The van der Waals surface area contributed by atoms with Gasteiger partial charge >= 0.3 is 5.97 Å². The summed E-state index contributed by atoms with van der Waals surface area (Å²) in [6.45, 7) is 2.21. The third-order valence-corrected chi connectivity index (χ3v) is 3.69. The highest BCUT2D eigenvalue weighted by molar-refractivity contribution is 9.10. The molecule has 0 aromatic heterocycles. The lowest BCUT2D eigenvalue weighted by atomic mass is 10.4. The molecule has 1 aromatic carbocycles. The quantitative estimate of drug-likeness (QED) is 0.471. The van der Waals surface area contributed by atoms with E-state index in [-0.39, 0.29) is 5.97 Å². The summed E-state index contributed by atoms with van der Waals surface area (Å²) in [6, 6.07) is 8.00. The molecule has 1 aromatic rings. The molecule has 16 heavy (non-hydrogen) atoms. The van der Waals surface area contributed by atoms with Crippen LogP contribution in [0.5, 0.6) is 0 Å². The summed E-state index contributed by atoms with van der Waals surface area (Å²) in [6.07, 6.45) is 3.27. The molecule has 1 rings (SSSR count). The van der Waals surface area contributed by atoms with Crippen LogP contribution in [0.4, 0.5) is 0 Å². The molecule has 0 amide bonds. The smallest absolute Gasteiger partial charge is 0.330 e. The number of carbonyl (C=O) groups is 1. The standard InChI is InChI=1S/C12H13BrO2S/c1-2-15-12(14)8-5-9-16-11-7-4-3-6-10(11)13/h3-8H,2,9H2,1H3/b8-5+. The Hall–Kier alpha value is -0.740. The average molecular weight is 301 g/mol. The first-order valence-electron chi connectivity index (χ1n) is 4.94. The second kappa shape index (κ2) is 7.52. The molecule has 0 saturated heterocycles. The minimum Gasteiger partial charge on any atom is -0.463 e. The zero-order valence-corrected chi connectivity index (χ0v) is 11.4. The second-order valence-electron chi connectivity index (χ2n) is 2.90. The van der Waals surface area contributed by atoms with E-state index in [4.69, 9.17) is 4.74 Å². The van der Waals surface area contributed by atoms with Gasteiger partial charge in [-0.1, -0.05) is 18.2 Å². The van der Waals surface area contributed by atoms with E-state index in [1.54, 1.807) is 18.7 Å². The lowest BCUT2D eigenvalue weighted by Gasteiger charge is -2.00. The van der Waals surface area contributed by atoms with Crippen molar-refractivity contribution < 1.29 is 9.53 Å². The average Bonchev–Trinajstić information content (AvgIpc) is 2.27. The monoisotopic (exact) mass is 300 g/mol.